The Morgan fingerprint density at radius 1 is 1.53 bits per heavy atom. The van der Waals surface area contributed by atoms with Crippen LogP contribution in [0.25, 0.3) is 0 Å². The first kappa shape index (κ1) is 13.2. The highest BCUT2D eigenvalue weighted by Crippen LogP contribution is 2.26. The number of anilines is 2. The van der Waals surface area contributed by atoms with Gasteiger partial charge >= 0.3 is 0 Å². The molecular weight excluding hydrogens is 218 g/mol. The molecule has 0 saturated carbocycles. The summed E-state index contributed by atoms with van der Waals surface area (Å²) in [6, 6.07) is 5.40. The van der Waals surface area contributed by atoms with Crippen LogP contribution in [0, 0.1) is 0 Å². The monoisotopic (exact) mass is 237 g/mol. The van der Waals surface area contributed by atoms with Crippen LogP contribution in [0.1, 0.15) is 6.92 Å². The van der Waals surface area contributed by atoms with E-state index in [4.69, 9.17) is 10.5 Å². The van der Waals surface area contributed by atoms with Gasteiger partial charge in [-0.3, -0.25) is 4.79 Å². The van der Waals surface area contributed by atoms with E-state index in [0.29, 0.717) is 18.0 Å². The van der Waals surface area contributed by atoms with Gasteiger partial charge < -0.3 is 20.7 Å². The number of carbonyl (C=O) groups is 1. The lowest BCUT2D eigenvalue weighted by Gasteiger charge is -2.20. The number of nitrogens with two attached hydrogens (primary N) is 1. The Hall–Kier alpha value is -1.91. The highest BCUT2D eigenvalue weighted by atomic mass is 16.5. The molecule has 0 bridgehead atoms. The van der Waals surface area contributed by atoms with Crippen molar-refractivity contribution in [2.24, 2.45) is 0 Å². The zero-order chi connectivity index (χ0) is 12.8. The van der Waals surface area contributed by atoms with E-state index in [-0.39, 0.29) is 12.5 Å². The number of amides is 1. The lowest BCUT2D eigenvalue weighted by molar-refractivity contribution is -0.119. The topological polar surface area (TPSA) is 67.6 Å². The fourth-order valence-corrected chi connectivity index (χ4v) is 1.56. The molecular formula is C12H19N3O2. The number of nitrogen functional groups attached to an aromatic ring is 1. The molecule has 5 heteroatoms. The molecule has 0 aliphatic rings. The van der Waals surface area contributed by atoms with Gasteiger partial charge in [-0.15, -0.1) is 0 Å². The van der Waals surface area contributed by atoms with Crippen LogP contribution in [0.4, 0.5) is 11.4 Å². The van der Waals surface area contributed by atoms with Crippen LogP contribution in [0.15, 0.2) is 18.2 Å². The SMILES string of the molecule is CCNC(=O)CN(C)c1ccc(OC)cc1N. The van der Waals surface area contributed by atoms with Gasteiger partial charge in [-0.25, -0.2) is 0 Å². The quantitative estimate of drug-likeness (QED) is 0.745. The van der Waals surface area contributed by atoms with Crippen molar-refractivity contribution in [3.8, 4) is 5.75 Å². The van der Waals surface area contributed by atoms with Crippen LogP contribution < -0.4 is 20.7 Å². The predicted molar refractivity (Wildman–Crippen MR) is 69.4 cm³/mol. The number of methoxy groups -OCH3 is 1. The molecule has 0 saturated heterocycles. The number of nitrogens with one attached hydrogen (secondary N) is 1. The third-order valence-electron chi connectivity index (χ3n) is 2.40. The fraction of sp³-hybridized carbons (Fsp3) is 0.417. The molecule has 0 unspecified atom stereocenters. The van der Waals surface area contributed by atoms with Crippen molar-refractivity contribution < 1.29 is 9.53 Å². The van der Waals surface area contributed by atoms with Crippen molar-refractivity contribution in [3.63, 3.8) is 0 Å². The van der Waals surface area contributed by atoms with Crippen molar-refractivity contribution in [2.45, 2.75) is 6.92 Å². The smallest absolute Gasteiger partial charge is 0.239 e. The summed E-state index contributed by atoms with van der Waals surface area (Å²) in [6.45, 7) is 2.80. The van der Waals surface area contributed by atoms with E-state index in [1.165, 1.54) is 0 Å². The summed E-state index contributed by atoms with van der Waals surface area (Å²) < 4.78 is 5.07. The van der Waals surface area contributed by atoms with Crippen LogP contribution in [0.3, 0.4) is 0 Å². The van der Waals surface area contributed by atoms with Gasteiger partial charge in [-0.2, -0.15) is 0 Å². The van der Waals surface area contributed by atoms with E-state index in [1.807, 2.05) is 26.1 Å². The van der Waals surface area contributed by atoms with E-state index in [1.54, 1.807) is 18.1 Å². The largest absolute Gasteiger partial charge is 0.497 e. The number of rotatable bonds is 5. The second-order valence-corrected chi connectivity index (χ2v) is 3.73. The van der Waals surface area contributed by atoms with E-state index in [2.05, 4.69) is 5.32 Å². The lowest BCUT2D eigenvalue weighted by Crippen LogP contribution is -2.35. The minimum Gasteiger partial charge on any atom is -0.497 e. The Labute approximate surface area is 102 Å². The first-order valence-electron chi connectivity index (χ1n) is 5.49. The summed E-state index contributed by atoms with van der Waals surface area (Å²) in [5, 5.41) is 2.74. The average molecular weight is 237 g/mol. The fourth-order valence-electron chi connectivity index (χ4n) is 1.56. The van der Waals surface area contributed by atoms with Crippen molar-refractivity contribution in [1.82, 2.24) is 5.32 Å². The molecule has 1 rings (SSSR count). The van der Waals surface area contributed by atoms with Gasteiger partial charge in [-0.05, 0) is 19.1 Å². The van der Waals surface area contributed by atoms with Gasteiger partial charge in [0, 0.05) is 19.7 Å². The molecule has 0 atom stereocenters. The molecule has 0 aliphatic carbocycles. The standard InChI is InChI=1S/C12H19N3O2/c1-4-14-12(16)8-15(2)11-6-5-9(17-3)7-10(11)13/h5-7H,4,8,13H2,1-3H3,(H,14,16). The van der Waals surface area contributed by atoms with Crippen LogP contribution in [-0.4, -0.2) is 33.2 Å². The van der Waals surface area contributed by atoms with Gasteiger partial charge in [0.15, 0.2) is 0 Å². The molecule has 0 aliphatic heterocycles. The Morgan fingerprint density at radius 2 is 2.24 bits per heavy atom. The zero-order valence-electron chi connectivity index (χ0n) is 10.5. The maximum Gasteiger partial charge on any atom is 0.239 e. The summed E-state index contributed by atoms with van der Waals surface area (Å²) in [6.07, 6.45) is 0. The lowest BCUT2D eigenvalue weighted by atomic mass is 10.2. The summed E-state index contributed by atoms with van der Waals surface area (Å²) in [5.41, 5.74) is 7.30. The van der Waals surface area contributed by atoms with Crippen molar-refractivity contribution >= 4 is 17.3 Å². The van der Waals surface area contributed by atoms with E-state index in [0.717, 1.165) is 5.69 Å². The van der Waals surface area contributed by atoms with Gasteiger partial charge in [0.25, 0.3) is 0 Å². The molecule has 0 spiro atoms. The number of benzene rings is 1. The van der Waals surface area contributed by atoms with Crippen LogP contribution in [0.5, 0.6) is 5.75 Å². The molecule has 3 N–H and O–H groups in total. The van der Waals surface area contributed by atoms with Crippen molar-refractivity contribution in [3.05, 3.63) is 18.2 Å². The number of hydrogen-bond acceptors (Lipinski definition) is 4. The molecule has 0 heterocycles. The first-order chi connectivity index (χ1) is 8.08. The Bertz CT molecular complexity index is 393. The molecule has 1 aromatic carbocycles. The summed E-state index contributed by atoms with van der Waals surface area (Å²) in [5.74, 6) is 0.683. The molecule has 0 radical (unpaired) electrons. The van der Waals surface area contributed by atoms with E-state index in [9.17, 15) is 4.79 Å². The van der Waals surface area contributed by atoms with Gasteiger partial charge in [-0.1, -0.05) is 0 Å². The first-order valence-corrected chi connectivity index (χ1v) is 5.49. The van der Waals surface area contributed by atoms with E-state index < -0.39 is 0 Å². The maximum atomic E-state index is 11.4. The highest BCUT2D eigenvalue weighted by molar-refractivity contribution is 5.83. The Balaban J connectivity index is 2.75. The molecule has 0 aromatic heterocycles. The number of carbonyl (C=O) groups excluding carboxylic acids is 1. The number of hydrogen-bond donors (Lipinski definition) is 2. The summed E-state index contributed by atoms with van der Waals surface area (Å²) in [4.78, 5) is 13.2. The average Bonchev–Trinajstić information content (AvgIpc) is 2.28. The van der Waals surface area contributed by atoms with Crippen LogP contribution in [0.2, 0.25) is 0 Å². The number of likely N-dealkylation sites (N-methyl/N-ethyl adjacent to an activating group) is 2. The third-order valence-corrected chi connectivity index (χ3v) is 2.40. The van der Waals surface area contributed by atoms with Gasteiger partial charge in [0.2, 0.25) is 5.91 Å². The maximum absolute atomic E-state index is 11.4. The second kappa shape index (κ2) is 5.98. The predicted octanol–water partition coefficient (Wildman–Crippen LogP) is 0.850. The minimum atomic E-state index is -0.0229. The summed E-state index contributed by atoms with van der Waals surface area (Å²) in [7, 11) is 3.42. The van der Waals surface area contributed by atoms with E-state index >= 15 is 0 Å². The summed E-state index contributed by atoms with van der Waals surface area (Å²) >= 11 is 0. The Morgan fingerprint density at radius 3 is 2.76 bits per heavy atom. The molecule has 17 heavy (non-hydrogen) atoms. The molecule has 0 fully saturated rings. The second-order valence-electron chi connectivity index (χ2n) is 3.73. The highest BCUT2D eigenvalue weighted by Gasteiger charge is 2.09. The molecule has 1 amide bonds. The number of nitrogens with zero attached hydrogens (tertiary/aromatic N) is 1. The molecule has 1 aromatic rings. The Kier molecular flexibility index (Phi) is 4.63. The normalized spacial score (nSPS) is 9.82. The van der Waals surface area contributed by atoms with Gasteiger partial charge in [0.1, 0.15) is 5.75 Å². The minimum absolute atomic E-state index is 0.0229. The molecule has 5 nitrogen and oxygen atoms in total. The van der Waals surface area contributed by atoms with Crippen molar-refractivity contribution in [1.29, 1.82) is 0 Å². The van der Waals surface area contributed by atoms with Gasteiger partial charge in [0.05, 0.1) is 25.0 Å². The third kappa shape index (κ3) is 3.55. The molecule has 94 valence electrons. The number of ether oxygens (including phenoxy) is 1. The van der Waals surface area contributed by atoms with Crippen LogP contribution >= 0.6 is 0 Å². The zero-order valence-corrected chi connectivity index (χ0v) is 10.5. The van der Waals surface area contributed by atoms with Crippen LogP contribution in [-0.2, 0) is 4.79 Å². The van der Waals surface area contributed by atoms with Crippen molar-refractivity contribution in [2.75, 3.05) is 37.9 Å².